The van der Waals surface area contributed by atoms with E-state index in [4.69, 9.17) is 0 Å². The molecule has 0 aliphatic heterocycles. The van der Waals surface area contributed by atoms with Crippen LogP contribution in [-0.4, -0.2) is 23.2 Å². The third kappa shape index (κ3) is 9.80. The highest BCUT2D eigenvalue weighted by molar-refractivity contribution is 8.13. The van der Waals surface area contributed by atoms with Gasteiger partial charge in [0.1, 0.15) is 6.17 Å². The van der Waals surface area contributed by atoms with Crippen LogP contribution >= 0.6 is 11.8 Å². The van der Waals surface area contributed by atoms with Crippen LogP contribution in [0.2, 0.25) is 0 Å². The highest BCUT2D eigenvalue weighted by Gasteiger charge is 2.09. The largest absolute Gasteiger partial charge is 0.288 e. The second-order valence-electron chi connectivity index (χ2n) is 3.08. The number of rotatable bonds is 6. The number of alkyl halides is 2. The standard InChI is InChI=1S/C9H16F2OS/c1-7(10)3-4-9(11)5-6-13-8(2)12/h7,9H,3-6H2,1-2H3. The van der Waals surface area contributed by atoms with Gasteiger partial charge in [-0.2, -0.15) is 0 Å². The Kier molecular flexibility index (Phi) is 7.23. The van der Waals surface area contributed by atoms with Gasteiger partial charge in [0.25, 0.3) is 0 Å². The normalized spacial score (nSPS) is 15.4. The molecule has 13 heavy (non-hydrogen) atoms. The summed E-state index contributed by atoms with van der Waals surface area (Å²) in [5.41, 5.74) is 0. The van der Waals surface area contributed by atoms with Gasteiger partial charge < -0.3 is 0 Å². The van der Waals surface area contributed by atoms with Crippen molar-refractivity contribution in [1.82, 2.24) is 0 Å². The number of hydrogen-bond donors (Lipinski definition) is 0. The number of halogens is 2. The highest BCUT2D eigenvalue weighted by Crippen LogP contribution is 2.14. The molecule has 0 saturated carbocycles. The molecular weight excluding hydrogens is 194 g/mol. The molecule has 1 nitrogen and oxygen atoms in total. The summed E-state index contributed by atoms with van der Waals surface area (Å²) in [5.74, 6) is 0.497. The molecule has 0 saturated heterocycles. The van der Waals surface area contributed by atoms with E-state index in [2.05, 4.69) is 0 Å². The first-order valence-electron chi connectivity index (χ1n) is 4.44. The van der Waals surface area contributed by atoms with Crippen molar-refractivity contribution >= 4 is 16.9 Å². The van der Waals surface area contributed by atoms with E-state index in [-0.39, 0.29) is 18.0 Å². The van der Waals surface area contributed by atoms with Crippen molar-refractivity contribution in [2.75, 3.05) is 5.75 Å². The smallest absolute Gasteiger partial charge is 0.185 e. The predicted octanol–water partition coefficient (Wildman–Crippen LogP) is 3.13. The maximum Gasteiger partial charge on any atom is 0.185 e. The zero-order valence-electron chi connectivity index (χ0n) is 8.06. The van der Waals surface area contributed by atoms with E-state index in [1.165, 1.54) is 13.8 Å². The van der Waals surface area contributed by atoms with Gasteiger partial charge in [0.05, 0.1) is 6.17 Å². The van der Waals surface area contributed by atoms with Crippen LogP contribution in [0, 0.1) is 0 Å². The predicted molar refractivity (Wildman–Crippen MR) is 52.5 cm³/mol. The van der Waals surface area contributed by atoms with Gasteiger partial charge in [-0.1, -0.05) is 11.8 Å². The monoisotopic (exact) mass is 210 g/mol. The van der Waals surface area contributed by atoms with Crippen molar-refractivity contribution in [2.45, 2.75) is 45.5 Å². The molecule has 0 fully saturated rings. The Morgan fingerprint density at radius 3 is 2.38 bits per heavy atom. The lowest BCUT2D eigenvalue weighted by molar-refractivity contribution is -0.109. The van der Waals surface area contributed by atoms with E-state index < -0.39 is 12.3 Å². The van der Waals surface area contributed by atoms with Crippen molar-refractivity contribution in [3.05, 3.63) is 0 Å². The van der Waals surface area contributed by atoms with Crippen LogP contribution in [-0.2, 0) is 4.79 Å². The number of thioether (sulfide) groups is 1. The van der Waals surface area contributed by atoms with Crippen LogP contribution in [0.15, 0.2) is 0 Å². The van der Waals surface area contributed by atoms with Crippen molar-refractivity contribution < 1.29 is 13.6 Å². The minimum absolute atomic E-state index is 0.00561. The third-order valence-electron chi connectivity index (χ3n) is 1.61. The minimum Gasteiger partial charge on any atom is -0.288 e. The molecule has 0 bridgehead atoms. The third-order valence-corrected chi connectivity index (χ3v) is 2.46. The number of carbonyl (C=O) groups is 1. The van der Waals surface area contributed by atoms with Crippen LogP contribution in [0.5, 0.6) is 0 Å². The van der Waals surface area contributed by atoms with Crippen molar-refractivity contribution in [3.8, 4) is 0 Å². The summed E-state index contributed by atoms with van der Waals surface area (Å²) in [7, 11) is 0. The fourth-order valence-corrected chi connectivity index (χ4v) is 1.55. The van der Waals surface area contributed by atoms with Gasteiger partial charge in [0.15, 0.2) is 5.12 Å². The first-order valence-corrected chi connectivity index (χ1v) is 5.42. The molecule has 2 atom stereocenters. The first-order chi connectivity index (χ1) is 6.02. The minimum atomic E-state index is -0.968. The topological polar surface area (TPSA) is 17.1 Å². The molecule has 0 rings (SSSR count). The van der Waals surface area contributed by atoms with Crippen LogP contribution in [0.1, 0.15) is 33.1 Å². The molecule has 0 aromatic carbocycles. The Labute approximate surface area is 82.3 Å². The lowest BCUT2D eigenvalue weighted by atomic mass is 10.1. The average molecular weight is 210 g/mol. The van der Waals surface area contributed by atoms with Gasteiger partial charge in [-0.05, 0) is 26.2 Å². The van der Waals surface area contributed by atoms with Crippen molar-refractivity contribution in [3.63, 3.8) is 0 Å². The lowest BCUT2D eigenvalue weighted by Crippen LogP contribution is -2.05. The summed E-state index contributed by atoms with van der Waals surface area (Å²) < 4.78 is 25.2. The fraction of sp³-hybridized carbons (Fsp3) is 0.889. The molecular formula is C9H16F2OS. The molecule has 0 aromatic heterocycles. The molecule has 4 heteroatoms. The first kappa shape index (κ1) is 12.9. The van der Waals surface area contributed by atoms with Gasteiger partial charge in [-0.25, -0.2) is 8.78 Å². The SMILES string of the molecule is CC(=O)SCCC(F)CCC(C)F. The van der Waals surface area contributed by atoms with Crippen LogP contribution in [0.4, 0.5) is 8.78 Å². The van der Waals surface area contributed by atoms with E-state index in [0.717, 1.165) is 11.8 Å². The summed E-state index contributed by atoms with van der Waals surface area (Å²) in [6.45, 7) is 2.89. The Morgan fingerprint density at radius 1 is 1.31 bits per heavy atom. The van der Waals surface area contributed by atoms with Crippen LogP contribution < -0.4 is 0 Å². The van der Waals surface area contributed by atoms with Gasteiger partial charge in [-0.3, -0.25) is 4.79 Å². The molecule has 0 heterocycles. The molecule has 0 radical (unpaired) electrons. The summed E-state index contributed by atoms with van der Waals surface area (Å²) in [4.78, 5) is 10.5. The molecule has 0 spiro atoms. The molecule has 0 aliphatic carbocycles. The second kappa shape index (κ2) is 7.30. The zero-order chi connectivity index (χ0) is 10.3. The second-order valence-corrected chi connectivity index (χ2v) is 4.36. The van der Waals surface area contributed by atoms with Crippen LogP contribution in [0.25, 0.3) is 0 Å². The molecule has 0 aliphatic rings. The van der Waals surface area contributed by atoms with Gasteiger partial charge >= 0.3 is 0 Å². The van der Waals surface area contributed by atoms with Gasteiger partial charge in [-0.15, -0.1) is 0 Å². The summed E-state index contributed by atoms with van der Waals surface area (Å²) in [5, 5.41) is 0.00561. The summed E-state index contributed by atoms with van der Waals surface area (Å²) in [6, 6.07) is 0. The zero-order valence-corrected chi connectivity index (χ0v) is 8.87. The van der Waals surface area contributed by atoms with E-state index in [9.17, 15) is 13.6 Å². The fourth-order valence-electron chi connectivity index (χ4n) is 0.885. The van der Waals surface area contributed by atoms with Crippen molar-refractivity contribution in [1.29, 1.82) is 0 Å². The van der Waals surface area contributed by atoms with Crippen LogP contribution in [0.3, 0.4) is 0 Å². The van der Waals surface area contributed by atoms with E-state index in [0.29, 0.717) is 12.2 Å². The molecule has 0 aromatic rings. The van der Waals surface area contributed by atoms with Gasteiger partial charge in [0.2, 0.25) is 0 Å². The highest BCUT2D eigenvalue weighted by atomic mass is 32.2. The van der Waals surface area contributed by atoms with E-state index in [1.807, 2.05) is 0 Å². The Hall–Kier alpha value is -0.120. The molecule has 78 valence electrons. The number of hydrogen-bond acceptors (Lipinski definition) is 2. The molecule has 0 amide bonds. The Bertz CT molecular complexity index is 151. The molecule has 0 N–H and O–H groups in total. The average Bonchev–Trinajstić information content (AvgIpc) is 2.00. The maximum absolute atomic E-state index is 12.9. The Balaban J connectivity index is 3.29. The maximum atomic E-state index is 12.9. The van der Waals surface area contributed by atoms with E-state index >= 15 is 0 Å². The van der Waals surface area contributed by atoms with Crippen molar-refractivity contribution in [2.24, 2.45) is 0 Å². The quantitative estimate of drug-likeness (QED) is 0.670. The Morgan fingerprint density at radius 2 is 1.92 bits per heavy atom. The lowest BCUT2D eigenvalue weighted by Gasteiger charge is -2.07. The van der Waals surface area contributed by atoms with Gasteiger partial charge in [0, 0.05) is 12.7 Å². The molecule has 2 unspecified atom stereocenters. The number of carbonyl (C=O) groups excluding carboxylic acids is 1. The summed E-state index contributed by atoms with van der Waals surface area (Å²) in [6.07, 6.45) is -1.03. The van der Waals surface area contributed by atoms with E-state index in [1.54, 1.807) is 0 Å². The summed E-state index contributed by atoms with van der Waals surface area (Å²) >= 11 is 1.12.